The molecule has 0 saturated carbocycles. The lowest BCUT2D eigenvalue weighted by Gasteiger charge is -2.30. The normalized spacial score (nSPS) is 16.4. The van der Waals surface area contributed by atoms with Gasteiger partial charge in [0.25, 0.3) is 0 Å². The summed E-state index contributed by atoms with van der Waals surface area (Å²) in [6, 6.07) is 6.27. The highest BCUT2D eigenvalue weighted by Crippen LogP contribution is 2.32. The van der Waals surface area contributed by atoms with Crippen LogP contribution in [0.4, 0.5) is 5.69 Å². The van der Waals surface area contributed by atoms with Crippen molar-refractivity contribution in [3.63, 3.8) is 0 Å². The molecule has 0 bridgehead atoms. The zero-order valence-electron chi connectivity index (χ0n) is 10.4. The van der Waals surface area contributed by atoms with Gasteiger partial charge in [-0.2, -0.15) is 0 Å². The molecule has 0 atom stereocenters. The van der Waals surface area contributed by atoms with Crippen LogP contribution in [-0.2, 0) is 11.2 Å². The van der Waals surface area contributed by atoms with Gasteiger partial charge in [0.1, 0.15) is 0 Å². The summed E-state index contributed by atoms with van der Waals surface area (Å²) in [6.45, 7) is 4.04. The Bertz CT molecular complexity index is 530. The summed E-state index contributed by atoms with van der Waals surface area (Å²) in [4.78, 5) is 2.35. The standard InChI is InChI=1S/C14H18N2O2/c15-5-3-11-1-2-12-4-8-18-14(12)13(11)16-6-9-17-10-7-16/h1-2,4,8H,3,5-7,9-10,15H2. The smallest absolute Gasteiger partial charge is 0.157 e. The molecular weight excluding hydrogens is 228 g/mol. The van der Waals surface area contributed by atoms with Gasteiger partial charge in [0.05, 0.1) is 25.2 Å². The number of morpholine rings is 1. The Balaban J connectivity index is 2.09. The van der Waals surface area contributed by atoms with Gasteiger partial charge in [-0.1, -0.05) is 12.1 Å². The molecule has 0 radical (unpaired) electrons. The molecule has 1 aromatic carbocycles. The summed E-state index contributed by atoms with van der Waals surface area (Å²) in [5, 5.41) is 1.15. The molecule has 1 aliphatic rings. The lowest BCUT2D eigenvalue weighted by atomic mass is 10.1. The minimum Gasteiger partial charge on any atom is -0.462 e. The summed E-state index contributed by atoms with van der Waals surface area (Å²) in [7, 11) is 0. The number of hydrogen-bond acceptors (Lipinski definition) is 4. The Labute approximate surface area is 106 Å². The maximum Gasteiger partial charge on any atom is 0.157 e. The fourth-order valence-corrected chi connectivity index (χ4v) is 2.55. The van der Waals surface area contributed by atoms with Crippen molar-refractivity contribution >= 4 is 16.7 Å². The lowest BCUT2D eigenvalue weighted by molar-refractivity contribution is 0.122. The zero-order valence-corrected chi connectivity index (χ0v) is 10.4. The van der Waals surface area contributed by atoms with Gasteiger partial charge >= 0.3 is 0 Å². The average molecular weight is 246 g/mol. The number of furan rings is 1. The Hall–Kier alpha value is -1.52. The molecule has 0 amide bonds. The maximum atomic E-state index is 5.70. The largest absolute Gasteiger partial charge is 0.462 e. The molecule has 1 saturated heterocycles. The third-order valence-electron chi connectivity index (χ3n) is 3.42. The molecule has 1 aromatic heterocycles. The van der Waals surface area contributed by atoms with Crippen molar-refractivity contribution in [3.8, 4) is 0 Å². The van der Waals surface area contributed by atoms with Crippen LogP contribution in [0.25, 0.3) is 11.0 Å². The van der Waals surface area contributed by atoms with Crippen LogP contribution in [-0.4, -0.2) is 32.8 Å². The number of fused-ring (bicyclic) bond motifs is 1. The van der Waals surface area contributed by atoms with Crippen LogP contribution < -0.4 is 10.6 Å². The van der Waals surface area contributed by atoms with Gasteiger partial charge in [-0.05, 0) is 24.6 Å². The Morgan fingerprint density at radius 1 is 1.17 bits per heavy atom. The molecule has 4 heteroatoms. The van der Waals surface area contributed by atoms with Crippen molar-refractivity contribution in [1.82, 2.24) is 0 Å². The van der Waals surface area contributed by atoms with E-state index in [1.54, 1.807) is 6.26 Å². The lowest BCUT2D eigenvalue weighted by Crippen LogP contribution is -2.37. The van der Waals surface area contributed by atoms with Gasteiger partial charge in [-0.3, -0.25) is 0 Å². The fourth-order valence-electron chi connectivity index (χ4n) is 2.55. The van der Waals surface area contributed by atoms with Crippen LogP contribution >= 0.6 is 0 Å². The second kappa shape index (κ2) is 5.00. The maximum absolute atomic E-state index is 5.70. The molecule has 3 rings (SSSR count). The van der Waals surface area contributed by atoms with E-state index in [9.17, 15) is 0 Å². The molecule has 96 valence electrons. The molecule has 4 nitrogen and oxygen atoms in total. The average Bonchev–Trinajstić information content (AvgIpc) is 2.88. The number of rotatable bonds is 3. The van der Waals surface area contributed by atoms with Crippen molar-refractivity contribution in [2.24, 2.45) is 5.73 Å². The number of benzene rings is 1. The molecule has 0 unspecified atom stereocenters. The number of nitrogens with two attached hydrogens (primary N) is 1. The topological polar surface area (TPSA) is 51.6 Å². The minimum atomic E-state index is 0.656. The first-order chi connectivity index (χ1) is 8.90. The molecule has 0 spiro atoms. The molecule has 1 fully saturated rings. The van der Waals surface area contributed by atoms with Crippen molar-refractivity contribution in [1.29, 1.82) is 0 Å². The van der Waals surface area contributed by atoms with Gasteiger partial charge in [0.15, 0.2) is 5.58 Å². The molecule has 2 aromatic rings. The first-order valence-corrected chi connectivity index (χ1v) is 6.42. The molecular formula is C14H18N2O2. The van der Waals surface area contributed by atoms with Gasteiger partial charge in [0.2, 0.25) is 0 Å². The molecule has 2 heterocycles. The van der Waals surface area contributed by atoms with Crippen LogP contribution in [0.3, 0.4) is 0 Å². The molecule has 1 aliphatic heterocycles. The van der Waals surface area contributed by atoms with Gasteiger partial charge in [0, 0.05) is 18.5 Å². The number of nitrogens with zero attached hydrogens (tertiary/aromatic N) is 1. The van der Waals surface area contributed by atoms with E-state index >= 15 is 0 Å². The van der Waals surface area contributed by atoms with E-state index in [0.29, 0.717) is 6.54 Å². The second-order valence-electron chi connectivity index (χ2n) is 4.55. The number of ether oxygens (including phenoxy) is 1. The first kappa shape index (κ1) is 11.6. The van der Waals surface area contributed by atoms with E-state index in [4.69, 9.17) is 14.9 Å². The summed E-state index contributed by atoms with van der Waals surface area (Å²) in [5.74, 6) is 0. The molecule has 0 aliphatic carbocycles. The van der Waals surface area contributed by atoms with Crippen molar-refractivity contribution in [2.45, 2.75) is 6.42 Å². The SMILES string of the molecule is NCCc1ccc2ccoc2c1N1CCOCC1. The van der Waals surface area contributed by atoms with E-state index in [1.165, 1.54) is 11.3 Å². The highest BCUT2D eigenvalue weighted by Gasteiger charge is 2.19. The van der Waals surface area contributed by atoms with Crippen molar-refractivity contribution in [2.75, 3.05) is 37.7 Å². The highest BCUT2D eigenvalue weighted by molar-refractivity contribution is 5.91. The minimum absolute atomic E-state index is 0.656. The summed E-state index contributed by atoms with van der Waals surface area (Å²) >= 11 is 0. The van der Waals surface area contributed by atoms with Gasteiger partial charge in [-0.15, -0.1) is 0 Å². The summed E-state index contributed by atoms with van der Waals surface area (Å²) in [5.41, 5.74) is 9.15. The number of anilines is 1. The zero-order chi connectivity index (χ0) is 12.4. The van der Waals surface area contributed by atoms with E-state index in [1.807, 2.05) is 6.07 Å². The van der Waals surface area contributed by atoms with Crippen LogP contribution in [0, 0.1) is 0 Å². The van der Waals surface area contributed by atoms with E-state index in [0.717, 1.165) is 43.7 Å². The molecule has 2 N–H and O–H groups in total. The van der Waals surface area contributed by atoms with Crippen LogP contribution in [0.1, 0.15) is 5.56 Å². The van der Waals surface area contributed by atoms with Crippen LogP contribution in [0.2, 0.25) is 0 Å². The molecule has 18 heavy (non-hydrogen) atoms. The first-order valence-electron chi connectivity index (χ1n) is 6.42. The third kappa shape index (κ3) is 1.98. The van der Waals surface area contributed by atoms with E-state index in [2.05, 4.69) is 17.0 Å². The monoisotopic (exact) mass is 246 g/mol. The van der Waals surface area contributed by atoms with Crippen molar-refractivity contribution < 1.29 is 9.15 Å². The highest BCUT2D eigenvalue weighted by atomic mass is 16.5. The predicted molar refractivity (Wildman–Crippen MR) is 72.0 cm³/mol. The van der Waals surface area contributed by atoms with E-state index < -0.39 is 0 Å². The Morgan fingerprint density at radius 2 is 2.00 bits per heavy atom. The van der Waals surface area contributed by atoms with Crippen LogP contribution in [0.15, 0.2) is 28.9 Å². The second-order valence-corrected chi connectivity index (χ2v) is 4.55. The summed E-state index contributed by atoms with van der Waals surface area (Å²) in [6.07, 6.45) is 2.63. The Kier molecular flexibility index (Phi) is 3.21. The van der Waals surface area contributed by atoms with Crippen molar-refractivity contribution in [3.05, 3.63) is 30.0 Å². The van der Waals surface area contributed by atoms with Crippen LogP contribution in [0.5, 0.6) is 0 Å². The van der Waals surface area contributed by atoms with E-state index in [-0.39, 0.29) is 0 Å². The van der Waals surface area contributed by atoms with Gasteiger partial charge < -0.3 is 19.8 Å². The predicted octanol–water partition coefficient (Wildman–Crippen LogP) is 1.77. The Morgan fingerprint density at radius 3 is 2.78 bits per heavy atom. The third-order valence-corrected chi connectivity index (χ3v) is 3.42. The summed E-state index contributed by atoms with van der Waals surface area (Å²) < 4.78 is 11.1. The number of hydrogen-bond donors (Lipinski definition) is 1. The quantitative estimate of drug-likeness (QED) is 0.896. The van der Waals surface area contributed by atoms with Gasteiger partial charge in [-0.25, -0.2) is 0 Å². The fraction of sp³-hybridized carbons (Fsp3) is 0.429.